The summed E-state index contributed by atoms with van der Waals surface area (Å²) in [4.78, 5) is 16.9. The molecule has 8 heteroatoms. The molecule has 0 fully saturated rings. The van der Waals surface area contributed by atoms with Gasteiger partial charge < -0.3 is 10.1 Å². The largest absolute Gasteiger partial charge is 0.497 e. The number of anilines is 1. The Morgan fingerprint density at radius 1 is 1.11 bits per heavy atom. The van der Waals surface area contributed by atoms with Crippen molar-refractivity contribution in [2.45, 2.75) is 11.3 Å². The van der Waals surface area contributed by atoms with Gasteiger partial charge in [-0.15, -0.1) is 11.3 Å². The summed E-state index contributed by atoms with van der Waals surface area (Å²) in [5, 5.41) is 5.16. The molecular formula is C19H18N2O4S2. The molecule has 27 heavy (non-hydrogen) atoms. The van der Waals surface area contributed by atoms with Crippen molar-refractivity contribution >= 4 is 32.2 Å². The Morgan fingerprint density at radius 2 is 1.78 bits per heavy atom. The summed E-state index contributed by atoms with van der Waals surface area (Å²) in [5.74, 6) is 0.558. The van der Waals surface area contributed by atoms with Gasteiger partial charge >= 0.3 is 0 Å². The van der Waals surface area contributed by atoms with Crippen LogP contribution in [0.25, 0.3) is 11.3 Å². The third kappa shape index (κ3) is 4.93. The SMILES string of the molecule is COc1ccc(-c2csc(NC(=O)Cc3ccc(S(C)(=O)=O)cc3)n2)cc1. The molecule has 0 radical (unpaired) electrons. The minimum atomic E-state index is -3.24. The molecule has 0 atom stereocenters. The molecule has 1 amide bonds. The Balaban J connectivity index is 1.63. The van der Waals surface area contributed by atoms with E-state index < -0.39 is 9.84 Å². The van der Waals surface area contributed by atoms with E-state index in [1.54, 1.807) is 19.2 Å². The number of rotatable bonds is 6. The summed E-state index contributed by atoms with van der Waals surface area (Å²) in [6.07, 6.45) is 1.29. The van der Waals surface area contributed by atoms with Crippen LogP contribution >= 0.6 is 11.3 Å². The fourth-order valence-corrected chi connectivity index (χ4v) is 3.80. The van der Waals surface area contributed by atoms with Crippen molar-refractivity contribution in [3.8, 4) is 17.0 Å². The van der Waals surface area contributed by atoms with E-state index in [-0.39, 0.29) is 17.2 Å². The molecule has 0 aliphatic heterocycles. The average Bonchev–Trinajstić information content (AvgIpc) is 3.09. The molecule has 0 saturated carbocycles. The highest BCUT2D eigenvalue weighted by molar-refractivity contribution is 7.90. The van der Waals surface area contributed by atoms with Gasteiger partial charge in [0.15, 0.2) is 15.0 Å². The lowest BCUT2D eigenvalue weighted by molar-refractivity contribution is -0.115. The van der Waals surface area contributed by atoms with Crippen molar-refractivity contribution in [1.29, 1.82) is 0 Å². The molecule has 0 unspecified atom stereocenters. The number of ether oxygens (including phenoxy) is 1. The van der Waals surface area contributed by atoms with E-state index in [0.717, 1.165) is 28.8 Å². The first-order valence-corrected chi connectivity index (χ1v) is 10.8. The molecule has 1 aromatic heterocycles. The highest BCUT2D eigenvalue weighted by atomic mass is 32.2. The van der Waals surface area contributed by atoms with Crippen LogP contribution in [0.2, 0.25) is 0 Å². The fraction of sp³-hybridized carbons (Fsp3) is 0.158. The van der Waals surface area contributed by atoms with Gasteiger partial charge in [0, 0.05) is 17.2 Å². The summed E-state index contributed by atoms with van der Waals surface area (Å²) < 4.78 is 28.1. The molecule has 1 N–H and O–H groups in total. The van der Waals surface area contributed by atoms with Crippen molar-refractivity contribution in [3.05, 3.63) is 59.5 Å². The van der Waals surface area contributed by atoms with Crippen molar-refractivity contribution < 1.29 is 17.9 Å². The van der Waals surface area contributed by atoms with Crippen LogP contribution in [0.15, 0.2) is 58.8 Å². The first kappa shape index (κ1) is 19.1. The molecule has 0 saturated heterocycles. The summed E-state index contributed by atoms with van der Waals surface area (Å²) in [6.45, 7) is 0. The van der Waals surface area contributed by atoms with Crippen LogP contribution in [0.5, 0.6) is 5.75 Å². The Bertz CT molecular complexity index is 1040. The maximum Gasteiger partial charge on any atom is 0.230 e. The molecule has 140 valence electrons. The number of nitrogens with one attached hydrogen (secondary N) is 1. The first-order valence-electron chi connectivity index (χ1n) is 8.04. The predicted molar refractivity (Wildman–Crippen MR) is 106 cm³/mol. The molecule has 1 heterocycles. The van der Waals surface area contributed by atoms with Gasteiger partial charge in [-0.25, -0.2) is 13.4 Å². The molecule has 2 aromatic carbocycles. The third-order valence-electron chi connectivity index (χ3n) is 3.85. The number of hydrogen-bond donors (Lipinski definition) is 1. The predicted octanol–water partition coefficient (Wildman–Crippen LogP) is 3.40. The Morgan fingerprint density at radius 3 is 2.37 bits per heavy atom. The maximum atomic E-state index is 12.2. The second kappa shape index (κ2) is 7.89. The minimum Gasteiger partial charge on any atom is -0.497 e. The summed E-state index contributed by atoms with van der Waals surface area (Å²) in [7, 11) is -1.63. The van der Waals surface area contributed by atoms with Crippen LogP contribution < -0.4 is 10.1 Å². The number of sulfone groups is 1. The fourth-order valence-electron chi connectivity index (χ4n) is 2.43. The molecular weight excluding hydrogens is 384 g/mol. The second-order valence-corrected chi connectivity index (χ2v) is 8.78. The zero-order valence-corrected chi connectivity index (χ0v) is 16.4. The van der Waals surface area contributed by atoms with Crippen molar-refractivity contribution in [3.63, 3.8) is 0 Å². The monoisotopic (exact) mass is 402 g/mol. The van der Waals surface area contributed by atoms with Gasteiger partial charge in [0.2, 0.25) is 5.91 Å². The lowest BCUT2D eigenvalue weighted by atomic mass is 10.1. The quantitative estimate of drug-likeness (QED) is 0.683. The Kier molecular flexibility index (Phi) is 5.57. The number of benzene rings is 2. The number of methoxy groups -OCH3 is 1. The number of carbonyl (C=O) groups excluding carboxylic acids is 1. The Labute approximate surface area is 161 Å². The highest BCUT2D eigenvalue weighted by Gasteiger charge is 2.11. The Hall–Kier alpha value is -2.71. The van der Waals surface area contributed by atoms with E-state index in [4.69, 9.17) is 4.74 Å². The third-order valence-corrected chi connectivity index (χ3v) is 5.74. The summed E-state index contributed by atoms with van der Waals surface area (Å²) in [5.41, 5.74) is 2.44. The molecule has 0 aliphatic carbocycles. The van der Waals surface area contributed by atoms with E-state index in [0.29, 0.717) is 5.13 Å². The van der Waals surface area contributed by atoms with Crippen molar-refractivity contribution in [1.82, 2.24) is 4.98 Å². The van der Waals surface area contributed by atoms with E-state index in [9.17, 15) is 13.2 Å². The molecule has 0 bridgehead atoms. The van der Waals surface area contributed by atoms with Crippen molar-refractivity contribution in [2.24, 2.45) is 0 Å². The highest BCUT2D eigenvalue weighted by Crippen LogP contribution is 2.26. The van der Waals surface area contributed by atoms with Crippen LogP contribution in [0.4, 0.5) is 5.13 Å². The van der Waals surface area contributed by atoms with Gasteiger partial charge in [-0.2, -0.15) is 0 Å². The minimum absolute atomic E-state index is 0.140. The zero-order chi connectivity index (χ0) is 19.4. The molecule has 3 rings (SSSR count). The number of aromatic nitrogens is 1. The number of carbonyl (C=O) groups is 1. The van der Waals surface area contributed by atoms with Gasteiger partial charge in [-0.3, -0.25) is 4.79 Å². The molecule has 0 aliphatic rings. The van der Waals surface area contributed by atoms with E-state index in [1.165, 1.54) is 23.5 Å². The van der Waals surface area contributed by atoms with Crippen LogP contribution in [0.3, 0.4) is 0 Å². The van der Waals surface area contributed by atoms with Crippen LogP contribution in [0.1, 0.15) is 5.56 Å². The number of thiazole rings is 1. The van der Waals surface area contributed by atoms with Gasteiger partial charge in [0.1, 0.15) is 5.75 Å². The van der Waals surface area contributed by atoms with Crippen LogP contribution in [-0.4, -0.2) is 32.7 Å². The average molecular weight is 402 g/mol. The topological polar surface area (TPSA) is 85.4 Å². The lowest BCUT2D eigenvalue weighted by Crippen LogP contribution is -2.14. The van der Waals surface area contributed by atoms with Gasteiger partial charge in [0.25, 0.3) is 0 Å². The summed E-state index contributed by atoms with van der Waals surface area (Å²) >= 11 is 1.35. The number of nitrogens with zero attached hydrogens (tertiary/aromatic N) is 1. The van der Waals surface area contributed by atoms with E-state index in [1.807, 2.05) is 29.6 Å². The first-order chi connectivity index (χ1) is 12.8. The molecule has 6 nitrogen and oxygen atoms in total. The standard InChI is InChI=1S/C19H18N2O4S2/c1-25-15-7-5-14(6-8-15)17-12-26-19(20-17)21-18(22)11-13-3-9-16(10-4-13)27(2,23)24/h3-10,12H,11H2,1-2H3,(H,20,21,22). The lowest BCUT2D eigenvalue weighted by Gasteiger charge is -2.04. The number of amides is 1. The zero-order valence-electron chi connectivity index (χ0n) is 14.8. The van der Waals surface area contributed by atoms with E-state index >= 15 is 0 Å². The summed E-state index contributed by atoms with van der Waals surface area (Å²) in [6, 6.07) is 13.8. The van der Waals surface area contributed by atoms with Crippen LogP contribution in [0, 0.1) is 0 Å². The van der Waals surface area contributed by atoms with Gasteiger partial charge in [-0.05, 0) is 42.0 Å². The maximum absolute atomic E-state index is 12.2. The van der Waals surface area contributed by atoms with Crippen molar-refractivity contribution in [2.75, 3.05) is 18.7 Å². The van der Waals surface area contributed by atoms with E-state index in [2.05, 4.69) is 10.3 Å². The molecule has 3 aromatic rings. The van der Waals surface area contributed by atoms with Gasteiger partial charge in [0.05, 0.1) is 24.1 Å². The van der Waals surface area contributed by atoms with Crippen LogP contribution in [-0.2, 0) is 21.1 Å². The number of hydrogen-bond acceptors (Lipinski definition) is 6. The van der Waals surface area contributed by atoms with Gasteiger partial charge in [-0.1, -0.05) is 12.1 Å². The normalized spacial score (nSPS) is 11.2. The second-order valence-electron chi connectivity index (χ2n) is 5.91. The molecule has 0 spiro atoms. The smallest absolute Gasteiger partial charge is 0.230 e.